The van der Waals surface area contributed by atoms with Gasteiger partial charge in [0.25, 0.3) is 5.91 Å². The summed E-state index contributed by atoms with van der Waals surface area (Å²) >= 11 is 7.41. The minimum absolute atomic E-state index is 0.00477. The van der Waals surface area contributed by atoms with Crippen molar-refractivity contribution < 1.29 is 18.7 Å². The number of thiazole rings is 1. The average Bonchev–Trinajstić information content (AvgIpc) is 3.47. The number of rotatable bonds is 7. The van der Waals surface area contributed by atoms with E-state index in [2.05, 4.69) is 27.3 Å². The van der Waals surface area contributed by atoms with Crippen LogP contribution in [-0.2, 0) is 17.7 Å². The second-order valence-corrected chi connectivity index (χ2v) is 13.4. The largest absolute Gasteiger partial charge is 0.444 e. The van der Waals surface area contributed by atoms with Crippen LogP contribution in [0.5, 0.6) is 0 Å². The van der Waals surface area contributed by atoms with E-state index in [4.69, 9.17) is 21.3 Å². The van der Waals surface area contributed by atoms with E-state index in [1.54, 1.807) is 22.1 Å². The van der Waals surface area contributed by atoms with Crippen molar-refractivity contribution in [3.8, 4) is 0 Å². The zero-order chi connectivity index (χ0) is 30.6. The minimum Gasteiger partial charge on any atom is -0.444 e. The molecule has 2 fully saturated rings. The van der Waals surface area contributed by atoms with Crippen LogP contribution in [0.2, 0.25) is 5.02 Å². The predicted octanol–water partition coefficient (Wildman–Crippen LogP) is 6.22. The number of piperidine rings is 1. The number of benzene rings is 1. The van der Waals surface area contributed by atoms with Crippen LogP contribution in [0.3, 0.4) is 0 Å². The van der Waals surface area contributed by atoms with Crippen molar-refractivity contribution in [2.75, 3.05) is 44.6 Å². The number of nitrogens with one attached hydrogen (secondary N) is 1. The molecule has 1 N–H and O–H groups in total. The van der Waals surface area contributed by atoms with Gasteiger partial charge >= 0.3 is 6.09 Å². The molecule has 230 valence electrons. The van der Waals surface area contributed by atoms with Crippen molar-refractivity contribution >= 4 is 45.9 Å². The number of aromatic nitrogens is 2. The van der Waals surface area contributed by atoms with Gasteiger partial charge in [-0.1, -0.05) is 17.7 Å². The Morgan fingerprint density at radius 2 is 1.84 bits per heavy atom. The van der Waals surface area contributed by atoms with Crippen molar-refractivity contribution in [2.24, 2.45) is 5.92 Å². The lowest BCUT2D eigenvalue weighted by Crippen LogP contribution is -2.48. The SMILES string of the molecule is CC(C)(C)OC(=O)N1CCC(Cc2cc(CN3CCN(C(=O)c4cccc(Cl)c4F)CC3)nc(Nc3nccs3)c2)CC1. The third-order valence-corrected chi connectivity index (χ3v) is 8.60. The first-order valence-electron chi connectivity index (χ1n) is 14.6. The van der Waals surface area contributed by atoms with Crippen LogP contribution < -0.4 is 5.32 Å². The van der Waals surface area contributed by atoms with Crippen LogP contribution >= 0.6 is 22.9 Å². The number of halogens is 2. The Morgan fingerprint density at radius 3 is 2.51 bits per heavy atom. The summed E-state index contributed by atoms with van der Waals surface area (Å²) in [6.07, 6.45) is 4.22. The molecule has 2 amide bonds. The Hall–Kier alpha value is -3.28. The zero-order valence-corrected chi connectivity index (χ0v) is 26.4. The van der Waals surface area contributed by atoms with E-state index in [1.165, 1.54) is 29.0 Å². The van der Waals surface area contributed by atoms with E-state index in [-0.39, 0.29) is 22.6 Å². The highest BCUT2D eigenvalue weighted by Gasteiger charge is 2.28. The van der Waals surface area contributed by atoms with Gasteiger partial charge in [0.2, 0.25) is 0 Å². The molecule has 0 spiro atoms. The highest BCUT2D eigenvalue weighted by atomic mass is 35.5. The second-order valence-electron chi connectivity index (χ2n) is 12.1. The number of piperazine rings is 1. The first-order chi connectivity index (χ1) is 20.5. The van der Waals surface area contributed by atoms with Crippen LogP contribution in [-0.4, -0.2) is 81.5 Å². The number of hydrogen-bond donors (Lipinski definition) is 1. The number of hydrogen-bond acceptors (Lipinski definition) is 8. The maximum absolute atomic E-state index is 14.4. The maximum Gasteiger partial charge on any atom is 0.410 e. The molecule has 2 aromatic heterocycles. The van der Waals surface area contributed by atoms with Crippen molar-refractivity contribution in [1.29, 1.82) is 0 Å². The fourth-order valence-electron chi connectivity index (χ4n) is 5.47. The molecule has 1 aromatic carbocycles. The molecule has 0 aliphatic carbocycles. The third-order valence-electron chi connectivity index (χ3n) is 7.62. The van der Waals surface area contributed by atoms with Crippen LogP contribution in [0.25, 0.3) is 0 Å². The maximum atomic E-state index is 14.4. The van der Waals surface area contributed by atoms with E-state index in [0.717, 1.165) is 35.9 Å². The number of carbonyl (C=O) groups is 2. The van der Waals surface area contributed by atoms with Crippen molar-refractivity contribution in [2.45, 2.75) is 52.2 Å². The van der Waals surface area contributed by atoms with Gasteiger partial charge in [-0.25, -0.2) is 19.2 Å². The van der Waals surface area contributed by atoms with Crippen LogP contribution in [0.1, 0.15) is 55.2 Å². The molecule has 0 unspecified atom stereocenters. The number of nitrogens with zero attached hydrogens (tertiary/aromatic N) is 5. The van der Waals surface area contributed by atoms with E-state index >= 15 is 0 Å². The lowest BCUT2D eigenvalue weighted by atomic mass is 9.90. The smallest absolute Gasteiger partial charge is 0.410 e. The normalized spacial score (nSPS) is 16.8. The number of amides is 2. The number of anilines is 2. The van der Waals surface area contributed by atoms with Gasteiger partial charge < -0.3 is 19.9 Å². The monoisotopic (exact) mass is 628 g/mol. The standard InChI is InChI=1S/C31H38ClFN6O3S/c1-31(2,3)42-30(41)39-10-7-21(8-11-39)17-22-18-23(35-26(19-22)36-29-34-9-16-43-29)20-37-12-14-38(15-13-37)28(40)24-5-4-6-25(32)27(24)33/h4-6,9,16,18-19,21H,7-8,10-15,17,20H2,1-3H3,(H,34,35,36). The van der Waals surface area contributed by atoms with Crippen molar-refractivity contribution in [3.63, 3.8) is 0 Å². The number of pyridine rings is 1. The molecule has 3 aromatic rings. The summed E-state index contributed by atoms with van der Waals surface area (Å²) in [7, 11) is 0. The quantitative estimate of drug-likeness (QED) is 0.332. The Morgan fingerprint density at radius 1 is 1.09 bits per heavy atom. The summed E-state index contributed by atoms with van der Waals surface area (Å²) in [6.45, 7) is 9.94. The molecule has 2 saturated heterocycles. The number of likely N-dealkylation sites (tertiary alicyclic amines) is 1. The number of ether oxygens (including phenoxy) is 1. The van der Waals surface area contributed by atoms with E-state index in [1.807, 2.05) is 26.2 Å². The summed E-state index contributed by atoms with van der Waals surface area (Å²) in [5, 5.41) is 5.99. The molecule has 2 aliphatic rings. The van der Waals surface area contributed by atoms with Gasteiger partial charge in [0, 0.05) is 57.4 Å². The molecule has 43 heavy (non-hydrogen) atoms. The average molecular weight is 629 g/mol. The van der Waals surface area contributed by atoms with Gasteiger partial charge in [-0.2, -0.15) is 0 Å². The van der Waals surface area contributed by atoms with Gasteiger partial charge in [0.1, 0.15) is 11.4 Å². The molecule has 0 atom stereocenters. The van der Waals surface area contributed by atoms with Crippen LogP contribution in [0.15, 0.2) is 41.9 Å². The molecule has 2 aliphatic heterocycles. The Balaban J connectivity index is 1.21. The van der Waals surface area contributed by atoms with E-state index < -0.39 is 11.4 Å². The first kappa shape index (κ1) is 31.2. The number of carbonyl (C=O) groups excluding carboxylic acids is 2. The fourth-order valence-corrected chi connectivity index (χ4v) is 6.18. The minimum atomic E-state index is -0.673. The van der Waals surface area contributed by atoms with Gasteiger partial charge in [-0.15, -0.1) is 11.3 Å². The molecule has 4 heterocycles. The Labute approximate surface area is 261 Å². The predicted molar refractivity (Wildman–Crippen MR) is 166 cm³/mol. The summed E-state index contributed by atoms with van der Waals surface area (Å²) in [5.41, 5.74) is 1.62. The molecule has 0 saturated carbocycles. The lowest BCUT2D eigenvalue weighted by molar-refractivity contribution is 0.0184. The summed E-state index contributed by atoms with van der Waals surface area (Å²) in [4.78, 5) is 40.4. The second kappa shape index (κ2) is 13.6. The first-order valence-corrected chi connectivity index (χ1v) is 15.9. The van der Waals surface area contributed by atoms with Gasteiger partial charge in [-0.3, -0.25) is 9.69 Å². The molecular weight excluding hydrogens is 591 g/mol. The van der Waals surface area contributed by atoms with Crippen LogP contribution in [0, 0.1) is 11.7 Å². The van der Waals surface area contributed by atoms with Gasteiger partial charge in [0.15, 0.2) is 10.9 Å². The zero-order valence-electron chi connectivity index (χ0n) is 24.8. The molecule has 9 nitrogen and oxygen atoms in total. The van der Waals surface area contributed by atoms with Crippen LogP contribution in [0.4, 0.5) is 20.1 Å². The van der Waals surface area contributed by atoms with Crippen molar-refractivity contribution in [1.82, 2.24) is 24.7 Å². The topological polar surface area (TPSA) is 90.9 Å². The highest BCUT2D eigenvalue weighted by molar-refractivity contribution is 7.13. The summed E-state index contributed by atoms with van der Waals surface area (Å²) in [6, 6.07) is 8.75. The molecule has 0 radical (unpaired) electrons. The summed E-state index contributed by atoms with van der Waals surface area (Å²) in [5.74, 6) is 0.183. The lowest BCUT2D eigenvalue weighted by Gasteiger charge is -2.35. The van der Waals surface area contributed by atoms with E-state index in [0.29, 0.717) is 51.7 Å². The summed E-state index contributed by atoms with van der Waals surface area (Å²) < 4.78 is 20.0. The highest BCUT2D eigenvalue weighted by Crippen LogP contribution is 2.27. The van der Waals surface area contributed by atoms with E-state index in [9.17, 15) is 14.0 Å². The Bertz CT molecular complexity index is 1420. The van der Waals surface area contributed by atoms with Gasteiger partial charge in [0.05, 0.1) is 16.3 Å². The third kappa shape index (κ3) is 8.43. The fraction of sp³-hybridized carbons (Fsp3) is 0.484. The molecule has 5 rings (SSSR count). The molecule has 0 bridgehead atoms. The molecule has 12 heteroatoms. The Kier molecular flexibility index (Phi) is 9.83. The molecular formula is C31H38ClFN6O3S. The van der Waals surface area contributed by atoms with Crippen molar-refractivity contribution in [3.05, 3.63) is 69.6 Å². The van der Waals surface area contributed by atoms with Gasteiger partial charge in [-0.05, 0) is 75.8 Å².